The standard InChI is InChI=1S/C15H23N3O.2ClH/c1-18-8-7-13(11-18)10-17-15(19)14(16)9-12-5-3-2-4-6-12;;/h2-6,13-14H,7-11,16H2,1H3,(H,17,19);2*1H/t13?,14-;;/m0../s1. The highest BCUT2D eigenvalue weighted by molar-refractivity contribution is 5.85. The summed E-state index contributed by atoms with van der Waals surface area (Å²) in [4.78, 5) is 14.2. The predicted octanol–water partition coefficient (Wildman–Crippen LogP) is 1.47. The molecule has 0 aliphatic carbocycles. The minimum atomic E-state index is -0.457. The van der Waals surface area contributed by atoms with Crippen LogP contribution in [-0.2, 0) is 11.2 Å². The summed E-state index contributed by atoms with van der Waals surface area (Å²) in [6.45, 7) is 2.93. The van der Waals surface area contributed by atoms with Crippen molar-refractivity contribution in [1.82, 2.24) is 10.2 Å². The first kappa shape index (κ1) is 20.2. The lowest BCUT2D eigenvalue weighted by atomic mass is 10.1. The molecule has 0 saturated carbocycles. The Labute approximate surface area is 139 Å². The molecule has 1 aromatic rings. The number of halogens is 2. The van der Waals surface area contributed by atoms with Gasteiger partial charge in [0.25, 0.3) is 0 Å². The fourth-order valence-corrected chi connectivity index (χ4v) is 2.53. The highest BCUT2D eigenvalue weighted by atomic mass is 35.5. The number of carbonyl (C=O) groups is 1. The summed E-state index contributed by atoms with van der Waals surface area (Å²) < 4.78 is 0. The Hall–Kier alpha value is -0.810. The third kappa shape index (κ3) is 6.66. The van der Waals surface area contributed by atoms with E-state index in [9.17, 15) is 4.79 Å². The van der Waals surface area contributed by atoms with Crippen LogP contribution in [0.2, 0.25) is 0 Å². The van der Waals surface area contributed by atoms with Crippen LogP contribution in [-0.4, -0.2) is 43.5 Å². The molecule has 1 aliphatic rings. The molecule has 1 fully saturated rings. The number of likely N-dealkylation sites (tertiary alicyclic amines) is 1. The van der Waals surface area contributed by atoms with E-state index in [4.69, 9.17) is 5.73 Å². The van der Waals surface area contributed by atoms with Gasteiger partial charge >= 0.3 is 0 Å². The molecule has 1 saturated heterocycles. The quantitative estimate of drug-likeness (QED) is 0.857. The van der Waals surface area contributed by atoms with E-state index in [-0.39, 0.29) is 30.7 Å². The number of benzene rings is 1. The van der Waals surface area contributed by atoms with Crippen molar-refractivity contribution in [2.45, 2.75) is 18.9 Å². The van der Waals surface area contributed by atoms with Crippen molar-refractivity contribution in [2.24, 2.45) is 11.7 Å². The Morgan fingerprint density at radius 2 is 2.05 bits per heavy atom. The molecule has 2 atom stereocenters. The van der Waals surface area contributed by atoms with Gasteiger partial charge in [-0.3, -0.25) is 4.79 Å². The lowest BCUT2D eigenvalue weighted by Crippen LogP contribution is -2.43. The molecule has 3 N–H and O–H groups in total. The zero-order valence-electron chi connectivity index (χ0n) is 12.3. The number of rotatable bonds is 5. The van der Waals surface area contributed by atoms with Gasteiger partial charge in [-0.05, 0) is 37.9 Å². The van der Waals surface area contributed by atoms with Crippen molar-refractivity contribution in [3.63, 3.8) is 0 Å². The highest BCUT2D eigenvalue weighted by Crippen LogP contribution is 2.12. The Morgan fingerprint density at radius 1 is 1.38 bits per heavy atom. The molecule has 1 aliphatic heterocycles. The number of hydrogen-bond acceptors (Lipinski definition) is 3. The van der Waals surface area contributed by atoms with E-state index in [1.54, 1.807) is 0 Å². The minimum Gasteiger partial charge on any atom is -0.354 e. The van der Waals surface area contributed by atoms with Gasteiger partial charge in [-0.1, -0.05) is 30.3 Å². The number of nitrogens with one attached hydrogen (secondary N) is 1. The monoisotopic (exact) mass is 333 g/mol. The summed E-state index contributed by atoms with van der Waals surface area (Å²) in [6.07, 6.45) is 1.75. The summed E-state index contributed by atoms with van der Waals surface area (Å²) >= 11 is 0. The highest BCUT2D eigenvalue weighted by Gasteiger charge is 2.21. The molecule has 2 rings (SSSR count). The summed E-state index contributed by atoms with van der Waals surface area (Å²) in [5, 5.41) is 2.97. The Kier molecular flexibility index (Phi) is 9.62. The van der Waals surface area contributed by atoms with Crippen molar-refractivity contribution in [2.75, 3.05) is 26.7 Å². The van der Waals surface area contributed by atoms with Crippen LogP contribution >= 0.6 is 24.8 Å². The van der Waals surface area contributed by atoms with Crippen LogP contribution in [0.1, 0.15) is 12.0 Å². The summed E-state index contributed by atoms with van der Waals surface area (Å²) in [5.41, 5.74) is 7.04. The molecule has 21 heavy (non-hydrogen) atoms. The van der Waals surface area contributed by atoms with Crippen LogP contribution < -0.4 is 11.1 Å². The van der Waals surface area contributed by atoms with Gasteiger partial charge in [0.1, 0.15) is 0 Å². The van der Waals surface area contributed by atoms with Gasteiger partial charge in [-0.15, -0.1) is 24.8 Å². The second kappa shape index (κ2) is 10.0. The van der Waals surface area contributed by atoms with Crippen LogP contribution in [0.5, 0.6) is 0 Å². The van der Waals surface area contributed by atoms with Gasteiger partial charge in [0.2, 0.25) is 5.91 Å². The van der Waals surface area contributed by atoms with Gasteiger partial charge in [0.15, 0.2) is 0 Å². The summed E-state index contributed by atoms with van der Waals surface area (Å²) in [5.74, 6) is 0.524. The minimum absolute atomic E-state index is 0. The lowest BCUT2D eigenvalue weighted by Gasteiger charge is -2.15. The molecule has 120 valence electrons. The third-order valence-corrected chi connectivity index (χ3v) is 3.69. The Balaban J connectivity index is 0.00000200. The molecule has 4 nitrogen and oxygen atoms in total. The van der Waals surface area contributed by atoms with Crippen LogP contribution in [0.25, 0.3) is 0 Å². The third-order valence-electron chi connectivity index (χ3n) is 3.69. The molecule has 6 heteroatoms. The number of carbonyl (C=O) groups excluding carboxylic acids is 1. The van der Waals surface area contributed by atoms with Crippen LogP contribution in [0.4, 0.5) is 0 Å². The van der Waals surface area contributed by atoms with Crippen molar-refractivity contribution >= 4 is 30.7 Å². The van der Waals surface area contributed by atoms with Gasteiger partial charge in [0, 0.05) is 13.1 Å². The fraction of sp³-hybridized carbons (Fsp3) is 0.533. The zero-order chi connectivity index (χ0) is 13.7. The van der Waals surface area contributed by atoms with Crippen molar-refractivity contribution < 1.29 is 4.79 Å². The maximum atomic E-state index is 11.9. The van der Waals surface area contributed by atoms with Crippen LogP contribution in [0.3, 0.4) is 0 Å². The van der Waals surface area contributed by atoms with E-state index >= 15 is 0 Å². The number of hydrogen-bond donors (Lipinski definition) is 2. The number of amides is 1. The van der Waals surface area contributed by atoms with E-state index in [1.807, 2.05) is 30.3 Å². The molecule has 0 spiro atoms. The second-order valence-corrected chi connectivity index (χ2v) is 5.46. The predicted molar refractivity (Wildman–Crippen MR) is 91.2 cm³/mol. The normalized spacial score (nSPS) is 19.2. The molecule has 0 radical (unpaired) electrons. The fourth-order valence-electron chi connectivity index (χ4n) is 2.53. The maximum Gasteiger partial charge on any atom is 0.237 e. The first-order valence-electron chi connectivity index (χ1n) is 6.91. The van der Waals surface area contributed by atoms with Crippen LogP contribution in [0.15, 0.2) is 30.3 Å². The first-order chi connectivity index (χ1) is 9.15. The topological polar surface area (TPSA) is 58.4 Å². The van der Waals surface area contributed by atoms with E-state index in [0.717, 1.165) is 31.6 Å². The zero-order valence-corrected chi connectivity index (χ0v) is 14.0. The van der Waals surface area contributed by atoms with Crippen LogP contribution in [0, 0.1) is 5.92 Å². The maximum absolute atomic E-state index is 11.9. The second-order valence-electron chi connectivity index (χ2n) is 5.46. The molecule has 1 unspecified atom stereocenters. The van der Waals surface area contributed by atoms with Gasteiger partial charge in [-0.2, -0.15) is 0 Å². The largest absolute Gasteiger partial charge is 0.354 e. The summed E-state index contributed by atoms with van der Waals surface area (Å²) in [7, 11) is 2.11. The summed E-state index contributed by atoms with van der Waals surface area (Å²) in [6, 6.07) is 9.44. The molecule has 1 amide bonds. The van der Waals surface area contributed by atoms with Gasteiger partial charge < -0.3 is 16.0 Å². The van der Waals surface area contributed by atoms with Gasteiger partial charge in [-0.25, -0.2) is 0 Å². The molecule has 0 aromatic heterocycles. The van der Waals surface area contributed by atoms with E-state index in [0.29, 0.717) is 12.3 Å². The van der Waals surface area contributed by atoms with E-state index in [2.05, 4.69) is 17.3 Å². The SMILES string of the molecule is CN1CCC(CNC(=O)[C@@H](N)Cc2ccccc2)C1.Cl.Cl. The van der Waals surface area contributed by atoms with Gasteiger partial charge in [0.05, 0.1) is 6.04 Å². The number of nitrogens with zero attached hydrogens (tertiary/aromatic N) is 1. The number of nitrogens with two attached hydrogens (primary N) is 1. The molecule has 1 aromatic carbocycles. The molecular formula is C15H25Cl2N3O. The average molecular weight is 334 g/mol. The Bertz CT molecular complexity index is 417. The van der Waals surface area contributed by atoms with E-state index in [1.165, 1.54) is 0 Å². The molecular weight excluding hydrogens is 309 g/mol. The smallest absolute Gasteiger partial charge is 0.237 e. The van der Waals surface area contributed by atoms with Crippen molar-refractivity contribution in [1.29, 1.82) is 0 Å². The van der Waals surface area contributed by atoms with E-state index < -0.39 is 6.04 Å². The first-order valence-corrected chi connectivity index (χ1v) is 6.91. The molecule has 0 bridgehead atoms. The van der Waals surface area contributed by atoms with Crippen molar-refractivity contribution in [3.05, 3.63) is 35.9 Å². The molecule has 1 heterocycles. The average Bonchev–Trinajstić information content (AvgIpc) is 2.83. The Morgan fingerprint density at radius 3 is 2.62 bits per heavy atom. The lowest BCUT2D eigenvalue weighted by molar-refractivity contribution is -0.122. The van der Waals surface area contributed by atoms with Crippen molar-refractivity contribution in [3.8, 4) is 0 Å².